The van der Waals surface area contributed by atoms with Crippen LogP contribution < -0.4 is 15.4 Å². The zero-order valence-electron chi connectivity index (χ0n) is 22.1. The number of para-hydroxylation sites is 1. The Morgan fingerprint density at radius 2 is 1.93 bits per heavy atom. The van der Waals surface area contributed by atoms with Gasteiger partial charge >= 0.3 is 5.97 Å². The molecule has 204 valence electrons. The van der Waals surface area contributed by atoms with Gasteiger partial charge in [0.15, 0.2) is 0 Å². The molecule has 2 unspecified atom stereocenters. The van der Waals surface area contributed by atoms with Crippen LogP contribution in [0, 0.1) is 0 Å². The first-order valence-electron chi connectivity index (χ1n) is 13.7. The molecule has 3 aromatic rings. The number of fused-ring (bicyclic) bond motifs is 5. The summed E-state index contributed by atoms with van der Waals surface area (Å²) in [5.74, 6) is 0.740. The molecule has 0 saturated carbocycles. The van der Waals surface area contributed by atoms with E-state index in [9.17, 15) is 9.90 Å². The lowest BCUT2D eigenvalue weighted by atomic mass is 9.94. The number of aryl methyl sites for hydroxylation is 1. The molecular formula is C33H32N2O5. The summed E-state index contributed by atoms with van der Waals surface area (Å²) in [6.07, 6.45) is 7.92. The van der Waals surface area contributed by atoms with Gasteiger partial charge in [0, 0.05) is 42.0 Å². The third kappa shape index (κ3) is 5.66. The Kier molecular flexibility index (Phi) is 7.40. The molecule has 2 heterocycles. The molecule has 0 radical (unpaired) electrons. The van der Waals surface area contributed by atoms with Gasteiger partial charge in [0.1, 0.15) is 30.3 Å². The van der Waals surface area contributed by atoms with Crippen molar-refractivity contribution in [2.24, 2.45) is 0 Å². The molecule has 2 bridgehead atoms. The Morgan fingerprint density at radius 3 is 2.77 bits per heavy atom. The first-order chi connectivity index (χ1) is 19.5. The summed E-state index contributed by atoms with van der Waals surface area (Å²) in [5, 5.41) is 26.5. The molecular weight excluding hydrogens is 504 g/mol. The summed E-state index contributed by atoms with van der Waals surface area (Å²) in [6, 6.07) is 21.2. The summed E-state index contributed by atoms with van der Waals surface area (Å²) in [6.45, 7) is 1.24. The van der Waals surface area contributed by atoms with E-state index in [-0.39, 0.29) is 18.3 Å². The smallest absolute Gasteiger partial charge is 0.335 e. The van der Waals surface area contributed by atoms with Crippen LogP contribution in [-0.2, 0) is 11.2 Å². The molecule has 3 aliphatic rings. The van der Waals surface area contributed by atoms with E-state index in [4.69, 9.17) is 14.6 Å². The van der Waals surface area contributed by atoms with Gasteiger partial charge in [0.05, 0.1) is 5.56 Å². The Hall–Kier alpha value is -4.33. The number of ether oxygens (including phenoxy) is 2. The van der Waals surface area contributed by atoms with Crippen LogP contribution in [0.3, 0.4) is 0 Å². The van der Waals surface area contributed by atoms with Crippen LogP contribution in [0.4, 0.5) is 5.69 Å². The van der Waals surface area contributed by atoms with Crippen molar-refractivity contribution < 1.29 is 24.5 Å². The van der Waals surface area contributed by atoms with Crippen LogP contribution in [0.5, 0.6) is 5.75 Å². The fraction of sp³-hybridized carbons (Fsp3) is 0.242. The van der Waals surface area contributed by atoms with Crippen LogP contribution in [0.2, 0.25) is 0 Å². The molecule has 0 amide bonds. The van der Waals surface area contributed by atoms with Crippen LogP contribution in [0.25, 0.3) is 16.7 Å². The molecule has 1 aliphatic carbocycles. The van der Waals surface area contributed by atoms with E-state index in [1.54, 1.807) is 12.1 Å². The van der Waals surface area contributed by atoms with Gasteiger partial charge < -0.3 is 30.3 Å². The highest BCUT2D eigenvalue weighted by Crippen LogP contribution is 2.39. The van der Waals surface area contributed by atoms with Crippen molar-refractivity contribution >= 4 is 17.2 Å². The van der Waals surface area contributed by atoms with Crippen molar-refractivity contribution in [3.05, 3.63) is 113 Å². The van der Waals surface area contributed by atoms with Gasteiger partial charge in [0.2, 0.25) is 0 Å². The van der Waals surface area contributed by atoms with Gasteiger partial charge in [-0.3, -0.25) is 0 Å². The summed E-state index contributed by atoms with van der Waals surface area (Å²) < 4.78 is 12.3. The lowest BCUT2D eigenvalue weighted by molar-refractivity contribution is 0.0696. The number of allylic oxidation sites excluding steroid dienone is 4. The minimum atomic E-state index is -0.927. The number of hydrogen-bond donors (Lipinski definition) is 4. The number of carbonyl (C=O) groups is 1. The standard InChI is InChI=1S/C33H32N2O5/c36-26(20-39-32-7-3-4-25-17-29(32)28-5-1-2-6-30(28)35-25)18-34-19-27-14-12-24-16-23(13-15-31(24)40-27)21-8-10-22(11-9-21)33(37)38/h1-11,13,15-16,26-27,34-36H,12,14,17-20H2,(H,37,38). The topological polar surface area (TPSA) is 100 Å². The molecule has 7 heteroatoms. The van der Waals surface area contributed by atoms with E-state index in [1.165, 1.54) is 0 Å². The maximum atomic E-state index is 11.1. The number of aliphatic hydroxyl groups is 1. The highest BCUT2D eigenvalue weighted by Gasteiger charge is 2.23. The number of carboxylic acids is 1. The lowest BCUT2D eigenvalue weighted by Gasteiger charge is -2.27. The number of nitrogens with one attached hydrogen (secondary N) is 2. The third-order valence-corrected chi connectivity index (χ3v) is 7.50. The van der Waals surface area contributed by atoms with E-state index in [0.717, 1.165) is 70.0 Å². The average Bonchev–Trinajstić information content (AvgIpc) is 3.14. The molecule has 40 heavy (non-hydrogen) atoms. The van der Waals surface area contributed by atoms with Crippen molar-refractivity contribution in [2.75, 3.05) is 25.0 Å². The molecule has 0 aromatic heterocycles. The number of aliphatic hydroxyl groups excluding tert-OH is 1. The van der Waals surface area contributed by atoms with E-state index in [0.29, 0.717) is 13.1 Å². The first-order valence-corrected chi connectivity index (χ1v) is 13.7. The Bertz CT molecular complexity index is 1510. The molecule has 6 rings (SSSR count). The maximum Gasteiger partial charge on any atom is 0.335 e. The normalized spacial score (nSPS) is 17.9. The summed E-state index contributed by atoms with van der Waals surface area (Å²) >= 11 is 0. The minimum Gasteiger partial charge on any atom is -0.491 e. The van der Waals surface area contributed by atoms with Gasteiger partial charge in [0.25, 0.3) is 0 Å². The van der Waals surface area contributed by atoms with Crippen molar-refractivity contribution in [1.29, 1.82) is 0 Å². The van der Waals surface area contributed by atoms with Gasteiger partial charge in [-0.25, -0.2) is 4.79 Å². The largest absolute Gasteiger partial charge is 0.491 e. The second-order valence-electron chi connectivity index (χ2n) is 10.3. The van der Waals surface area contributed by atoms with Crippen LogP contribution >= 0.6 is 0 Å². The second-order valence-corrected chi connectivity index (χ2v) is 10.3. The summed E-state index contributed by atoms with van der Waals surface area (Å²) in [4.78, 5) is 11.1. The number of aromatic carboxylic acids is 1. The van der Waals surface area contributed by atoms with E-state index < -0.39 is 12.1 Å². The van der Waals surface area contributed by atoms with Crippen LogP contribution in [0.1, 0.15) is 34.3 Å². The number of anilines is 1. The first kappa shape index (κ1) is 25.9. The Balaban J connectivity index is 0.997. The molecule has 0 spiro atoms. The summed E-state index contributed by atoms with van der Waals surface area (Å²) in [7, 11) is 0. The molecule has 3 aromatic carbocycles. The monoisotopic (exact) mass is 536 g/mol. The Labute approximate surface area is 233 Å². The molecule has 4 N–H and O–H groups in total. The van der Waals surface area contributed by atoms with E-state index in [1.807, 2.05) is 48.6 Å². The minimum absolute atomic E-state index is 0.0202. The van der Waals surface area contributed by atoms with Gasteiger partial charge in [-0.15, -0.1) is 0 Å². The zero-order valence-corrected chi connectivity index (χ0v) is 22.1. The van der Waals surface area contributed by atoms with Gasteiger partial charge in [-0.05, 0) is 72.0 Å². The number of carboxylic acid groups (broad SMARTS) is 1. The van der Waals surface area contributed by atoms with Crippen LogP contribution in [-0.4, -0.2) is 48.1 Å². The predicted octanol–water partition coefficient (Wildman–Crippen LogP) is 5.39. The van der Waals surface area contributed by atoms with Crippen molar-refractivity contribution in [1.82, 2.24) is 5.32 Å². The lowest BCUT2D eigenvalue weighted by Crippen LogP contribution is -2.38. The fourth-order valence-electron chi connectivity index (χ4n) is 5.40. The molecule has 0 fully saturated rings. The zero-order chi connectivity index (χ0) is 27.5. The predicted molar refractivity (Wildman–Crippen MR) is 155 cm³/mol. The highest BCUT2D eigenvalue weighted by atomic mass is 16.5. The molecule has 2 aliphatic heterocycles. The van der Waals surface area contributed by atoms with Crippen molar-refractivity contribution in [3.63, 3.8) is 0 Å². The highest BCUT2D eigenvalue weighted by molar-refractivity contribution is 5.88. The van der Waals surface area contributed by atoms with Crippen LogP contribution in [0.15, 0.2) is 96.4 Å². The number of hydrogen-bond acceptors (Lipinski definition) is 6. The van der Waals surface area contributed by atoms with E-state index >= 15 is 0 Å². The maximum absolute atomic E-state index is 11.1. The van der Waals surface area contributed by atoms with Gasteiger partial charge in [-0.2, -0.15) is 0 Å². The number of rotatable bonds is 9. The van der Waals surface area contributed by atoms with Crippen molar-refractivity contribution in [3.8, 4) is 16.9 Å². The Morgan fingerprint density at radius 1 is 1.10 bits per heavy atom. The summed E-state index contributed by atoms with van der Waals surface area (Å²) in [5.41, 5.74) is 7.90. The molecule has 0 saturated heterocycles. The quantitative estimate of drug-likeness (QED) is 0.291. The van der Waals surface area contributed by atoms with E-state index in [2.05, 4.69) is 34.9 Å². The number of benzene rings is 3. The molecule has 2 atom stereocenters. The SMILES string of the molecule is O=C(O)c1ccc(-c2ccc3c(c2)CCC(CNCC(O)COC2=C4CC(=CC=C2)Nc2ccccc24)O3)cc1. The van der Waals surface area contributed by atoms with Gasteiger partial charge in [-0.1, -0.05) is 42.5 Å². The average molecular weight is 537 g/mol. The second kappa shape index (κ2) is 11.4. The molecule has 7 nitrogen and oxygen atoms in total. The fourth-order valence-corrected chi connectivity index (χ4v) is 5.40. The third-order valence-electron chi connectivity index (χ3n) is 7.50. The van der Waals surface area contributed by atoms with Crippen molar-refractivity contribution in [2.45, 2.75) is 31.5 Å².